The Balaban J connectivity index is 1.70. The molecule has 0 aliphatic rings. The molecule has 0 aliphatic carbocycles. The third-order valence-corrected chi connectivity index (χ3v) is 5.52. The fraction of sp³-hybridized carbons (Fsp3) is 0.148. The average Bonchev–Trinajstić information content (AvgIpc) is 2.85. The molecule has 0 fully saturated rings. The van der Waals surface area contributed by atoms with Crippen molar-refractivity contribution >= 4 is 28.3 Å². The first-order valence-corrected chi connectivity index (χ1v) is 10.7. The number of hydrogen-bond donors (Lipinski definition) is 1. The largest absolute Gasteiger partial charge is 0.497 e. The van der Waals surface area contributed by atoms with Crippen molar-refractivity contribution in [3.8, 4) is 5.75 Å². The highest BCUT2D eigenvalue weighted by Gasteiger charge is 2.18. The lowest BCUT2D eigenvalue weighted by Crippen LogP contribution is -2.24. The predicted octanol–water partition coefficient (Wildman–Crippen LogP) is 4.44. The molecule has 33 heavy (non-hydrogen) atoms. The minimum Gasteiger partial charge on any atom is -0.497 e. The van der Waals surface area contributed by atoms with Gasteiger partial charge in [-0.3, -0.25) is 14.4 Å². The maximum absolute atomic E-state index is 13.2. The number of amides is 1. The summed E-state index contributed by atoms with van der Waals surface area (Å²) in [4.78, 5) is 39.1. The number of methoxy groups -OCH3 is 1. The predicted molar refractivity (Wildman–Crippen MR) is 129 cm³/mol. The maximum atomic E-state index is 13.2. The van der Waals surface area contributed by atoms with Crippen LogP contribution in [0.5, 0.6) is 5.75 Å². The Kier molecular flexibility index (Phi) is 6.36. The summed E-state index contributed by atoms with van der Waals surface area (Å²) in [5.74, 6) is -0.0262. The second kappa shape index (κ2) is 9.53. The Bertz CT molecular complexity index is 1390. The number of rotatable bonds is 7. The number of carbonyl (C=O) groups excluding carboxylic acids is 2. The van der Waals surface area contributed by atoms with E-state index in [0.717, 1.165) is 12.0 Å². The van der Waals surface area contributed by atoms with Crippen LogP contribution in [0, 0.1) is 0 Å². The van der Waals surface area contributed by atoms with E-state index >= 15 is 0 Å². The second-order valence-electron chi connectivity index (χ2n) is 7.68. The van der Waals surface area contributed by atoms with Gasteiger partial charge in [-0.1, -0.05) is 49.4 Å². The van der Waals surface area contributed by atoms with Gasteiger partial charge in [-0.05, 0) is 36.2 Å². The van der Waals surface area contributed by atoms with E-state index in [1.807, 2.05) is 19.1 Å². The van der Waals surface area contributed by atoms with Gasteiger partial charge in [0.25, 0.3) is 0 Å². The summed E-state index contributed by atoms with van der Waals surface area (Å²) in [5, 5.41) is 3.23. The number of benzene rings is 3. The number of hydrogen-bond acceptors (Lipinski definition) is 4. The summed E-state index contributed by atoms with van der Waals surface area (Å²) in [6.45, 7) is 1.97. The molecule has 0 aliphatic heterocycles. The van der Waals surface area contributed by atoms with E-state index in [4.69, 9.17) is 4.74 Å². The number of fused-ring (bicyclic) bond motifs is 1. The number of para-hydroxylation sites is 1. The second-order valence-corrected chi connectivity index (χ2v) is 7.68. The molecule has 1 heterocycles. The monoisotopic (exact) mass is 440 g/mol. The van der Waals surface area contributed by atoms with Gasteiger partial charge >= 0.3 is 0 Å². The van der Waals surface area contributed by atoms with Crippen LogP contribution in [0.2, 0.25) is 0 Å². The van der Waals surface area contributed by atoms with E-state index in [1.165, 1.54) is 6.20 Å². The SMILES string of the molecule is CCc1ccc(C(=O)c2cn(CC(=O)Nc3cccc(OC)c3)c3ccccc3c2=O)cc1. The highest BCUT2D eigenvalue weighted by atomic mass is 16.5. The van der Waals surface area contributed by atoms with Crippen LogP contribution in [-0.4, -0.2) is 23.4 Å². The van der Waals surface area contributed by atoms with Gasteiger partial charge in [-0.25, -0.2) is 0 Å². The first-order chi connectivity index (χ1) is 16.0. The number of carbonyl (C=O) groups is 2. The molecular weight excluding hydrogens is 416 g/mol. The number of aryl methyl sites for hydroxylation is 1. The Morgan fingerprint density at radius 2 is 1.73 bits per heavy atom. The van der Waals surface area contributed by atoms with Crippen LogP contribution in [0.1, 0.15) is 28.4 Å². The quantitative estimate of drug-likeness (QED) is 0.431. The van der Waals surface area contributed by atoms with Gasteiger partial charge in [0, 0.05) is 28.9 Å². The van der Waals surface area contributed by atoms with Gasteiger partial charge < -0.3 is 14.6 Å². The normalized spacial score (nSPS) is 10.7. The van der Waals surface area contributed by atoms with Gasteiger partial charge in [0.2, 0.25) is 11.3 Å². The molecule has 166 valence electrons. The zero-order valence-electron chi connectivity index (χ0n) is 18.5. The van der Waals surface area contributed by atoms with Crippen molar-refractivity contribution in [1.29, 1.82) is 0 Å². The lowest BCUT2D eigenvalue weighted by molar-refractivity contribution is -0.116. The fourth-order valence-corrected chi connectivity index (χ4v) is 3.74. The minimum absolute atomic E-state index is 0.0344. The van der Waals surface area contributed by atoms with Crippen LogP contribution in [0.3, 0.4) is 0 Å². The van der Waals surface area contributed by atoms with Gasteiger partial charge in [-0.2, -0.15) is 0 Å². The molecule has 1 amide bonds. The number of nitrogens with zero attached hydrogens (tertiary/aromatic N) is 1. The van der Waals surface area contributed by atoms with E-state index in [2.05, 4.69) is 5.32 Å². The molecule has 0 saturated carbocycles. The van der Waals surface area contributed by atoms with Gasteiger partial charge in [0.05, 0.1) is 18.2 Å². The number of anilines is 1. The molecule has 0 spiro atoms. The molecule has 6 heteroatoms. The minimum atomic E-state index is -0.365. The van der Waals surface area contributed by atoms with Crippen molar-refractivity contribution < 1.29 is 14.3 Å². The van der Waals surface area contributed by atoms with Crippen molar-refractivity contribution in [2.45, 2.75) is 19.9 Å². The molecule has 0 unspecified atom stereocenters. The van der Waals surface area contributed by atoms with Crippen LogP contribution in [-0.2, 0) is 17.8 Å². The Morgan fingerprint density at radius 3 is 2.45 bits per heavy atom. The summed E-state index contributed by atoms with van der Waals surface area (Å²) < 4.78 is 6.83. The van der Waals surface area contributed by atoms with E-state index in [1.54, 1.807) is 72.3 Å². The molecule has 3 aromatic carbocycles. The Labute approximate surface area is 191 Å². The smallest absolute Gasteiger partial charge is 0.244 e. The highest BCUT2D eigenvalue weighted by Crippen LogP contribution is 2.18. The van der Waals surface area contributed by atoms with Crippen LogP contribution < -0.4 is 15.5 Å². The van der Waals surface area contributed by atoms with E-state index in [9.17, 15) is 14.4 Å². The zero-order valence-corrected chi connectivity index (χ0v) is 18.5. The lowest BCUT2D eigenvalue weighted by Gasteiger charge is -2.14. The van der Waals surface area contributed by atoms with Crippen LogP contribution in [0.15, 0.2) is 83.8 Å². The van der Waals surface area contributed by atoms with Crippen molar-refractivity contribution in [2.75, 3.05) is 12.4 Å². The number of aromatic nitrogens is 1. The molecule has 6 nitrogen and oxygen atoms in total. The first kappa shape index (κ1) is 22.0. The van der Waals surface area contributed by atoms with Crippen molar-refractivity contribution in [1.82, 2.24) is 4.57 Å². The molecule has 4 aromatic rings. The topological polar surface area (TPSA) is 77.4 Å². The Morgan fingerprint density at radius 1 is 0.970 bits per heavy atom. The molecule has 0 atom stereocenters. The van der Waals surface area contributed by atoms with Crippen molar-refractivity contribution in [3.05, 3.63) is 106 Å². The van der Waals surface area contributed by atoms with E-state index in [0.29, 0.717) is 27.9 Å². The maximum Gasteiger partial charge on any atom is 0.244 e. The highest BCUT2D eigenvalue weighted by molar-refractivity contribution is 6.10. The molecule has 1 N–H and O–H groups in total. The number of ether oxygens (including phenoxy) is 1. The third kappa shape index (κ3) is 4.70. The zero-order chi connectivity index (χ0) is 23.4. The molecule has 0 bridgehead atoms. The molecular formula is C27H24N2O4. The standard InChI is InChI=1S/C27H24N2O4/c1-3-18-11-13-19(14-12-18)26(31)23-16-29(24-10-5-4-9-22(24)27(23)32)17-25(30)28-20-7-6-8-21(15-20)33-2/h4-16H,3,17H2,1-2H3,(H,28,30). The van der Waals surface area contributed by atoms with Gasteiger partial charge in [0.1, 0.15) is 12.3 Å². The van der Waals surface area contributed by atoms with E-state index < -0.39 is 0 Å². The number of nitrogens with one attached hydrogen (secondary N) is 1. The third-order valence-electron chi connectivity index (χ3n) is 5.52. The summed E-state index contributed by atoms with van der Waals surface area (Å²) >= 11 is 0. The molecule has 0 saturated heterocycles. The summed E-state index contributed by atoms with van der Waals surface area (Å²) in [6, 6.07) is 21.3. The first-order valence-electron chi connectivity index (χ1n) is 10.7. The Hall–Kier alpha value is -4.19. The summed E-state index contributed by atoms with van der Waals surface area (Å²) in [7, 11) is 1.56. The number of ketones is 1. The summed E-state index contributed by atoms with van der Waals surface area (Å²) in [5.41, 5.74) is 2.41. The number of pyridine rings is 1. The van der Waals surface area contributed by atoms with Gasteiger partial charge in [-0.15, -0.1) is 0 Å². The summed E-state index contributed by atoms with van der Waals surface area (Å²) in [6.07, 6.45) is 2.34. The van der Waals surface area contributed by atoms with Gasteiger partial charge in [0.15, 0.2) is 5.78 Å². The van der Waals surface area contributed by atoms with E-state index in [-0.39, 0.29) is 29.2 Å². The van der Waals surface area contributed by atoms with Crippen LogP contribution in [0.25, 0.3) is 10.9 Å². The average molecular weight is 440 g/mol. The van der Waals surface area contributed by atoms with Crippen LogP contribution >= 0.6 is 0 Å². The van der Waals surface area contributed by atoms with Crippen LogP contribution in [0.4, 0.5) is 5.69 Å². The fourth-order valence-electron chi connectivity index (χ4n) is 3.74. The van der Waals surface area contributed by atoms with Crippen molar-refractivity contribution in [3.63, 3.8) is 0 Å². The lowest BCUT2D eigenvalue weighted by atomic mass is 10.0. The molecule has 1 aromatic heterocycles. The molecule has 0 radical (unpaired) electrons. The molecule has 4 rings (SSSR count). The van der Waals surface area contributed by atoms with Crippen molar-refractivity contribution in [2.24, 2.45) is 0 Å².